The lowest BCUT2D eigenvalue weighted by atomic mass is 10.0. The highest BCUT2D eigenvalue weighted by atomic mass is 14.5. The number of nitrogen functional groups attached to an aromatic ring is 1. The van der Waals surface area contributed by atoms with E-state index in [1.807, 2.05) is 18.2 Å². The molecule has 0 bridgehead atoms. The molecule has 2 aromatic rings. The van der Waals surface area contributed by atoms with Crippen molar-refractivity contribution in [3.05, 3.63) is 71.3 Å². The van der Waals surface area contributed by atoms with Crippen LogP contribution in [-0.2, 0) is 6.42 Å². The van der Waals surface area contributed by atoms with E-state index in [4.69, 9.17) is 5.73 Å². The molecule has 0 radical (unpaired) electrons. The number of anilines is 1. The Balaban J connectivity index is 1.66. The van der Waals surface area contributed by atoms with Gasteiger partial charge in [-0.15, -0.1) is 0 Å². The van der Waals surface area contributed by atoms with Crippen LogP contribution in [0.5, 0.6) is 0 Å². The average molecular weight is 249 g/mol. The molecule has 96 valence electrons. The standard InChI is InChI=1S/C18H19N/c19-18-9-3-7-15(13-18)5-1-4-14-6-2-8-17(12-14)16-10-11-16/h1-3,5-9,12-13,16H,4,10-11,19H2/b5-1-. The van der Waals surface area contributed by atoms with Gasteiger partial charge in [-0.05, 0) is 54.0 Å². The molecule has 1 aliphatic carbocycles. The fraction of sp³-hybridized carbons (Fsp3) is 0.222. The van der Waals surface area contributed by atoms with Gasteiger partial charge in [-0.3, -0.25) is 0 Å². The van der Waals surface area contributed by atoms with Crippen LogP contribution in [0.2, 0.25) is 0 Å². The smallest absolute Gasteiger partial charge is 0.0319 e. The Bertz CT molecular complexity index is 594. The number of nitrogens with two attached hydrogens (primary N) is 1. The highest BCUT2D eigenvalue weighted by molar-refractivity contribution is 5.55. The molecule has 2 aromatic carbocycles. The van der Waals surface area contributed by atoms with Gasteiger partial charge in [0.2, 0.25) is 0 Å². The summed E-state index contributed by atoms with van der Waals surface area (Å²) >= 11 is 0. The van der Waals surface area contributed by atoms with Crippen LogP contribution in [0.4, 0.5) is 5.69 Å². The van der Waals surface area contributed by atoms with Crippen LogP contribution in [-0.4, -0.2) is 0 Å². The number of allylic oxidation sites excluding steroid dienone is 1. The Morgan fingerprint density at radius 2 is 1.89 bits per heavy atom. The molecule has 0 unspecified atom stereocenters. The van der Waals surface area contributed by atoms with Crippen molar-refractivity contribution >= 4 is 11.8 Å². The van der Waals surface area contributed by atoms with Gasteiger partial charge in [0.05, 0.1) is 0 Å². The van der Waals surface area contributed by atoms with Crippen LogP contribution in [0, 0.1) is 0 Å². The van der Waals surface area contributed by atoms with E-state index in [9.17, 15) is 0 Å². The van der Waals surface area contributed by atoms with Gasteiger partial charge >= 0.3 is 0 Å². The van der Waals surface area contributed by atoms with Crippen molar-refractivity contribution in [2.45, 2.75) is 25.2 Å². The minimum atomic E-state index is 0.817. The fourth-order valence-electron chi connectivity index (χ4n) is 2.38. The second-order valence-corrected chi connectivity index (χ2v) is 5.30. The first-order valence-electron chi connectivity index (χ1n) is 6.92. The number of benzene rings is 2. The third kappa shape index (κ3) is 3.25. The monoisotopic (exact) mass is 249 g/mol. The van der Waals surface area contributed by atoms with E-state index in [0.29, 0.717) is 0 Å². The quantitative estimate of drug-likeness (QED) is 0.798. The lowest BCUT2D eigenvalue weighted by Crippen LogP contribution is -1.86. The van der Waals surface area contributed by atoms with Gasteiger partial charge in [0, 0.05) is 5.69 Å². The summed E-state index contributed by atoms with van der Waals surface area (Å²) in [5, 5.41) is 0. The lowest BCUT2D eigenvalue weighted by Gasteiger charge is -2.01. The Hall–Kier alpha value is -2.02. The van der Waals surface area contributed by atoms with Crippen molar-refractivity contribution in [3.8, 4) is 0 Å². The molecular weight excluding hydrogens is 230 g/mol. The zero-order chi connectivity index (χ0) is 13.1. The third-order valence-electron chi connectivity index (χ3n) is 3.57. The summed E-state index contributed by atoms with van der Waals surface area (Å²) in [6, 6.07) is 17.0. The number of hydrogen-bond acceptors (Lipinski definition) is 1. The minimum Gasteiger partial charge on any atom is -0.399 e. The van der Waals surface area contributed by atoms with E-state index in [0.717, 1.165) is 18.0 Å². The zero-order valence-electron chi connectivity index (χ0n) is 11.0. The molecule has 0 saturated heterocycles. The van der Waals surface area contributed by atoms with Crippen LogP contribution in [0.1, 0.15) is 35.4 Å². The normalized spacial score (nSPS) is 14.9. The number of rotatable bonds is 4. The Morgan fingerprint density at radius 3 is 2.68 bits per heavy atom. The summed E-state index contributed by atoms with van der Waals surface area (Å²) in [6.45, 7) is 0. The lowest BCUT2D eigenvalue weighted by molar-refractivity contribution is 1.11. The van der Waals surface area contributed by atoms with E-state index in [1.54, 1.807) is 0 Å². The number of hydrogen-bond donors (Lipinski definition) is 1. The van der Waals surface area contributed by atoms with E-state index >= 15 is 0 Å². The van der Waals surface area contributed by atoms with E-state index in [2.05, 4.69) is 42.5 Å². The highest BCUT2D eigenvalue weighted by Crippen LogP contribution is 2.40. The molecule has 1 heteroatoms. The third-order valence-corrected chi connectivity index (χ3v) is 3.57. The molecule has 0 spiro atoms. The van der Waals surface area contributed by atoms with E-state index in [1.165, 1.54) is 29.5 Å². The molecule has 0 heterocycles. The van der Waals surface area contributed by atoms with Crippen molar-refractivity contribution in [2.24, 2.45) is 0 Å². The first-order valence-corrected chi connectivity index (χ1v) is 6.92. The molecule has 0 amide bonds. The van der Waals surface area contributed by atoms with Crippen molar-refractivity contribution in [1.29, 1.82) is 0 Å². The Kier molecular flexibility index (Phi) is 3.37. The van der Waals surface area contributed by atoms with Crippen LogP contribution >= 0.6 is 0 Å². The topological polar surface area (TPSA) is 26.0 Å². The molecule has 1 aliphatic rings. The molecule has 1 fully saturated rings. The van der Waals surface area contributed by atoms with E-state index < -0.39 is 0 Å². The summed E-state index contributed by atoms with van der Waals surface area (Å²) in [7, 11) is 0. The Morgan fingerprint density at radius 1 is 1.05 bits per heavy atom. The van der Waals surface area contributed by atoms with Gasteiger partial charge < -0.3 is 5.73 Å². The first-order chi connectivity index (χ1) is 9.31. The highest BCUT2D eigenvalue weighted by Gasteiger charge is 2.23. The summed E-state index contributed by atoms with van der Waals surface area (Å²) in [6.07, 6.45) is 8.06. The van der Waals surface area contributed by atoms with Gasteiger partial charge in [0.15, 0.2) is 0 Å². The second-order valence-electron chi connectivity index (χ2n) is 5.30. The summed E-state index contributed by atoms with van der Waals surface area (Å²) < 4.78 is 0. The summed E-state index contributed by atoms with van der Waals surface area (Å²) in [5.74, 6) is 0.831. The van der Waals surface area contributed by atoms with Crippen molar-refractivity contribution < 1.29 is 0 Å². The van der Waals surface area contributed by atoms with Crippen molar-refractivity contribution in [3.63, 3.8) is 0 Å². The summed E-state index contributed by atoms with van der Waals surface area (Å²) in [4.78, 5) is 0. The van der Waals surface area contributed by atoms with Gasteiger partial charge in [-0.2, -0.15) is 0 Å². The molecule has 3 rings (SSSR count). The molecule has 2 N–H and O–H groups in total. The Labute approximate surface area is 114 Å². The van der Waals surface area contributed by atoms with Gasteiger partial charge in [-0.1, -0.05) is 48.6 Å². The zero-order valence-corrected chi connectivity index (χ0v) is 11.0. The molecule has 1 saturated carbocycles. The average Bonchev–Trinajstić information content (AvgIpc) is 3.23. The SMILES string of the molecule is Nc1cccc(/C=C\Cc2cccc(C3CC3)c2)c1. The van der Waals surface area contributed by atoms with Gasteiger partial charge in [0.1, 0.15) is 0 Å². The maximum absolute atomic E-state index is 5.77. The van der Waals surface area contributed by atoms with Crippen LogP contribution in [0.15, 0.2) is 54.6 Å². The van der Waals surface area contributed by atoms with E-state index in [-0.39, 0.29) is 0 Å². The fourth-order valence-corrected chi connectivity index (χ4v) is 2.38. The van der Waals surface area contributed by atoms with Crippen molar-refractivity contribution in [1.82, 2.24) is 0 Å². The maximum atomic E-state index is 5.77. The molecule has 0 aromatic heterocycles. The van der Waals surface area contributed by atoms with Crippen molar-refractivity contribution in [2.75, 3.05) is 5.73 Å². The predicted octanol–water partition coefficient (Wildman–Crippen LogP) is 4.40. The molecule has 1 nitrogen and oxygen atoms in total. The minimum absolute atomic E-state index is 0.817. The summed E-state index contributed by atoms with van der Waals surface area (Å²) in [5.41, 5.74) is 10.7. The molecule has 0 aliphatic heterocycles. The van der Waals surface area contributed by atoms with Crippen LogP contribution in [0.25, 0.3) is 6.08 Å². The van der Waals surface area contributed by atoms with Gasteiger partial charge in [-0.25, -0.2) is 0 Å². The largest absolute Gasteiger partial charge is 0.399 e. The first kappa shape index (κ1) is 12.0. The van der Waals surface area contributed by atoms with Crippen LogP contribution < -0.4 is 5.73 Å². The predicted molar refractivity (Wildman–Crippen MR) is 82.0 cm³/mol. The molecule has 19 heavy (non-hydrogen) atoms. The second kappa shape index (κ2) is 5.31. The van der Waals surface area contributed by atoms with Crippen LogP contribution in [0.3, 0.4) is 0 Å². The maximum Gasteiger partial charge on any atom is 0.0319 e. The van der Waals surface area contributed by atoms with Gasteiger partial charge in [0.25, 0.3) is 0 Å². The molecular formula is C18H19N. The molecule has 0 atom stereocenters.